The maximum atomic E-state index is 13.4. The summed E-state index contributed by atoms with van der Waals surface area (Å²) >= 11 is 0. The molecule has 2 rings (SSSR count). The van der Waals surface area contributed by atoms with Crippen molar-refractivity contribution in [2.45, 2.75) is 75.5 Å². The first-order valence-corrected chi connectivity index (χ1v) is 13.4. The number of hydrogen-bond donors (Lipinski definition) is 8. The maximum Gasteiger partial charge on any atom is 0.326 e. The second-order valence-electron chi connectivity index (χ2n) is 9.59. The number of aliphatic imine (C=N–C) groups is 1. The molecule has 4 atom stereocenters. The first-order chi connectivity index (χ1) is 18.7. The zero-order chi connectivity index (χ0) is 28.6. The zero-order valence-corrected chi connectivity index (χ0v) is 22.2. The van der Waals surface area contributed by atoms with Gasteiger partial charge in [0.1, 0.15) is 18.1 Å². The van der Waals surface area contributed by atoms with Gasteiger partial charge in [-0.25, -0.2) is 4.79 Å². The molecule has 0 saturated carbocycles. The number of rotatable bonds is 17. The number of nitrogens with one attached hydrogen (secondary N) is 4. The Hall–Kier alpha value is -3.71. The number of carbonyl (C=O) groups excluding carboxylic acids is 3. The van der Waals surface area contributed by atoms with Gasteiger partial charge in [0.05, 0.1) is 6.04 Å². The third-order valence-corrected chi connectivity index (χ3v) is 6.43. The van der Waals surface area contributed by atoms with Gasteiger partial charge in [-0.05, 0) is 63.6 Å². The molecule has 1 aromatic rings. The van der Waals surface area contributed by atoms with E-state index in [1.54, 1.807) is 12.1 Å². The number of carbonyl (C=O) groups is 4. The Balaban J connectivity index is 2.15. The Morgan fingerprint density at radius 3 is 2.23 bits per heavy atom. The van der Waals surface area contributed by atoms with Crippen LogP contribution in [-0.2, 0) is 25.6 Å². The van der Waals surface area contributed by atoms with Crippen LogP contribution in [0.5, 0.6) is 0 Å². The summed E-state index contributed by atoms with van der Waals surface area (Å²) in [4.78, 5) is 55.0. The normalized spacial score (nSPS) is 16.9. The minimum Gasteiger partial charge on any atom is -0.480 e. The van der Waals surface area contributed by atoms with Crippen LogP contribution in [0.25, 0.3) is 0 Å². The van der Waals surface area contributed by atoms with Crippen molar-refractivity contribution in [1.29, 1.82) is 0 Å². The third-order valence-electron chi connectivity index (χ3n) is 6.43. The molecular weight excluding hydrogens is 504 g/mol. The lowest BCUT2D eigenvalue weighted by atomic mass is 10.0. The lowest BCUT2D eigenvalue weighted by Crippen LogP contribution is -2.57. The summed E-state index contributed by atoms with van der Waals surface area (Å²) in [5.74, 6) is -2.75. The van der Waals surface area contributed by atoms with Crippen LogP contribution in [-0.4, -0.2) is 78.6 Å². The highest BCUT2D eigenvalue weighted by molar-refractivity contribution is 5.94. The molecule has 39 heavy (non-hydrogen) atoms. The number of hydrogen-bond acceptors (Lipinski definition) is 7. The van der Waals surface area contributed by atoms with Gasteiger partial charge in [-0.15, -0.1) is 0 Å². The van der Waals surface area contributed by atoms with Crippen molar-refractivity contribution in [1.82, 2.24) is 21.3 Å². The van der Waals surface area contributed by atoms with Gasteiger partial charge in [-0.2, -0.15) is 0 Å². The van der Waals surface area contributed by atoms with Gasteiger partial charge >= 0.3 is 5.97 Å². The van der Waals surface area contributed by atoms with Crippen molar-refractivity contribution in [2.24, 2.45) is 22.2 Å². The molecule has 1 saturated heterocycles. The quantitative estimate of drug-likeness (QED) is 0.0659. The zero-order valence-electron chi connectivity index (χ0n) is 22.2. The van der Waals surface area contributed by atoms with Crippen LogP contribution in [0.4, 0.5) is 0 Å². The van der Waals surface area contributed by atoms with E-state index in [4.69, 9.17) is 17.2 Å². The second kappa shape index (κ2) is 17.0. The van der Waals surface area contributed by atoms with E-state index in [-0.39, 0.29) is 37.3 Å². The molecule has 1 aromatic carbocycles. The lowest BCUT2D eigenvalue weighted by molar-refractivity contribution is -0.142. The number of nitrogens with zero attached hydrogens (tertiary/aromatic N) is 1. The summed E-state index contributed by atoms with van der Waals surface area (Å²) in [6.45, 7) is 1.40. The molecule has 0 bridgehead atoms. The second-order valence-corrected chi connectivity index (χ2v) is 9.59. The Labute approximate surface area is 228 Å². The van der Waals surface area contributed by atoms with Crippen molar-refractivity contribution in [3.05, 3.63) is 35.9 Å². The molecule has 0 spiro atoms. The predicted octanol–water partition coefficient (Wildman–Crippen LogP) is -1.30. The van der Waals surface area contributed by atoms with Crippen molar-refractivity contribution >= 4 is 29.7 Å². The monoisotopic (exact) mass is 546 g/mol. The number of nitrogens with two attached hydrogens (primary N) is 3. The molecule has 1 aliphatic rings. The predicted molar refractivity (Wildman–Crippen MR) is 147 cm³/mol. The Morgan fingerprint density at radius 1 is 0.949 bits per heavy atom. The fraction of sp³-hybridized carbons (Fsp3) is 0.577. The maximum absolute atomic E-state index is 13.4. The van der Waals surface area contributed by atoms with E-state index in [0.29, 0.717) is 38.6 Å². The summed E-state index contributed by atoms with van der Waals surface area (Å²) in [6.07, 6.45) is 3.75. The molecule has 1 fully saturated rings. The van der Waals surface area contributed by atoms with Crippen molar-refractivity contribution in [2.75, 3.05) is 19.6 Å². The summed E-state index contributed by atoms with van der Waals surface area (Å²) in [7, 11) is 0. The van der Waals surface area contributed by atoms with Gasteiger partial charge in [-0.3, -0.25) is 19.4 Å². The van der Waals surface area contributed by atoms with Crippen LogP contribution < -0.4 is 38.5 Å². The molecule has 0 aliphatic carbocycles. The molecular formula is C26H42N8O5. The topological polar surface area (TPSA) is 227 Å². The molecule has 13 heteroatoms. The Bertz CT molecular complexity index is 964. The fourth-order valence-corrected chi connectivity index (χ4v) is 4.31. The number of amides is 3. The first-order valence-electron chi connectivity index (χ1n) is 13.4. The molecule has 11 N–H and O–H groups in total. The van der Waals surface area contributed by atoms with Gasteiger partial charge in [0.15, 0.2) is 5.96 Å². The first kappa shape index (κ1) is 31.5. The van der Waals surface area contributed by atoms with Gasteiger partial charge < -0.3 is 43.6 Å². The standard InChI is InChI=1S/C26H42N8O5/c27-13-5-4-10-19(32-22(35)18-11-6-14-30-18)23(36)34-21(16-17-8-2-1-3-9-17)24(37)33-20(25(38)39)12-7-15-31-26(28)29/h1-3,8-9,18-21,30H,4-7,10-16,27H2,(H,32,35)(H,33,37)(H,34,36)(H,38,39)(H4,28,29,31). The third kappa shape index (κ3) is 11.7. The number of aliphatic carboxylic acids is 1. The molecule has 216 valence electrons. The lowest BCUT2D eigenvalue weighted by Gasteiger charge is -2.25. The average molecular weight is 547 g/mol. The molecule has 1 heterocycles. The van der Waals surface area contributed by atoms with Crippen LogP contribution in [0, 0.1) is 0 Å². The number of carboxylic acids is 1. The summed E-state index contributed by atoms with van der Waals surface area (Å²) in [5, 5.41) is 20.9. The molecule has 1 aliphatic heterocycles. The highest BCUT2D eigenvalue weighted by Crippen LogP contribution is 2.10. The van der Waals surface area contributed by atoms with Gasteiger partial charge in [-0.1, -0.05) is 30.3 Å². The molecule has 0 radical (unpaired) electrons. The van der Waals surface area contributed by atoms with Crippen molar-refractivity contribution < 1.29 is 24.3 Å². The highest BCUT2D eigenvalue weighted by atomic mass is 16.4. The van der Waals surface area contributed by atoms with E-state index in [2.05, 4.69) is 26.3 Å². The SMILES string of the molecule is NCCCCC(NC(=O)C1CCCN1)C(=O)NC(Cc1ccccc1)C(=O)NC(CCCN=C(N)N)C(=O)O. The smallest absolute Gasteiger partial charge is 0.326 e. The van der Waals surface area contributed by atoms with E-state index in [1.807, 2.05) is 18.2 Å². The van der Waals surface area contributed by atoms with Crippen LogP contribution in [0.15, 0.2) is 35.3 Å². The molecule has 4 unspecified atom stereocenters. The van der Waals surface area contributed by atoms with E-state index in [0.717, 1.165) is 18.5 Å². The van der Waals surface area contributed by atoms with Crippen LogP contribution >= 0.6 is 0 Å². The van der Waals surface area contributed by atoms with E-state index < -0.39 is 35.9 Å². The minimum atomic E-state index is -1.21. The molecule has 0 aromatic heterocycles. The Morgan fingerprint density at radius 2 is 1.62 bits per heavy atom. The number of carboxylic acid groups (broad SMARTS) is 1. The largest absolute Gasteiger partial charge is 0.480 e. The van der Waals surface area contributed by atoms with Gasteiger partial charge in [0.2, 0.25) is 17.7 Å². The summed E-state index contributed by atoms with van der Waals surface area (Å²) in [6, 6.07) is 5.55. The van der Waals surface area contributed by atoms with Crippen LogP contribution in [0.1, 0.15) is 50.5 Å². The number of unbranched alkanes of at least 4 members (excludes halogenated alkanes) is 1. The molecule has 3 amide bonds. The van der Waals surface area contributed by atoms with Crippen LogP contribution in [0.3, 0.4) is 0 Å². The fourth-order valence-electron chi connectivity index (χ4n) is 4.31. The average Bonchev–Trinajstić information content (AvgIpc) is 3.45. The van der Waals surface area contributed by atoms with Crippen molar-refractivity contribution in [3.63, 3.8) is 0 Å². The highest BCUT2D eigenvalue weighted by Gasteiger charge is 2.31. The van der Waals surface area contributed by atoms with E-state index in [9.17, 15) is 24.3 Å². The van der Waals surface area contributed by atoms with E-state index in [1.165, 1.54) is 0 Å². The van der Waals surface area contributed by atoms with Crippen LogP contribution in [0.2, 0.25) is 0 Å². The molecule has 13 nitrogen and oxygen atoms in total. The van der Waals surface area contributed by atoms with Gasteiger partial charge in [0.25, 0.3) is 0 Å². The minimum absolute atomic E-state index is 0.0933. The van der Waals surface area contributed by atoms with Crippen molar-refractivity contribution in [3.8, 4) is 0 Å². The summed E-state index contributed by atoms with van der Waals surface area (Å²) in [5.41, 5.74) is 17.0. The van der Waals surface area contributed by atoms with E-state index >= 15 is 0 Å². The number of guanidine groups is 1. The van der Waals surface area contributed by atoms with Gasteiger partial charge in [0, 0.05) is 13.0 Å². The Kier molecular flexibility index (Phi) is 13.7. The number of benzene rings is 1. The summed E-state index contributed by atoms with van der Waals surface area (Å²) < 4.78 is 0.